The smallest absolute Gasteiger partial charge is 0.231 e. The Bertz CT molecular complexity index is 1040. The summed E-state index contributed by atoms with van der Waals surface area (Å²) in [4.78, 5) is 24.3. The van der Waals surface area contributed by atoms with E-state index in [1.807, 2.05) is 36.4 Å². The van der Waals surface area contributed by atoms with E-state index in [2.05, 4.69) is 22.6 Å². The van der Waals surface area contributed by atoms with E-state index in [4.69, 9.17) is 18.9 Å². The molecule has 4 rings (SSSR count). The van der Waals surface area contributed by atoms with Crippen molar-refractivity contribution in [1.29, 1.82) is 0 Å². The molecule has 0 N–H and O–H groups in total. The maximum Gasteiger partial charge on any atom is 0.231 e. The van der Waals surface area contributed by atoms with Crippen LogP contribution in [-0.4, -0.2) is 25.2 Å². The van der Waals surface area contributed by atoms with Gasteiger partial charge >= 0.3 is 0 Å². The van der Waals surface area contributed by atoms with Gasteiger partial charge in [0.25, 0.3) is 0 Å². The summed E-state index contributed by atoms with van der Waals surface area (Å²) in [6, 6.07) is 11.4. The van der Waals surface area contributed by atoms with Crippen molar-refractivity contribution in [2.24, 2.45) is 0 Å². The van der Waals surface area contributed by atoms with Gasteiger partial charge in [0.15, 0.2) is 34.6 Å². The number of benzene rings is 2. The van der Waals surface area contributed by atoms with Crippen LogP contribution in [0.2, 0.25) is 0 Å². The lowest BCUT2D eigenvalue weighted by Crippen LogP contribution is -2.03. The minimum atomic E-state index is -0.218. The first-order chi connectivity index (χ1) is 14.6. The van der Waals surface area contributed by atoms with E-state index in [1.165, 1.54) is 12.2 Å². The number of hydrogen-bond acceptors (Lipinski definition) is 6. The molecule has 30 heavy (non-hydrogen) atoms. The number of fused-ring (bicyclic) bond motifs is 2. The predicted molar refractivity (Wildman–Crippen MR) is 118 cm³/mol. The lowest BCUT2D eigenvalue weighted by atomic mass is 10.1. The largest absolute Gasteiger partial charge is 0.454 e. The molecule has 0 aromatic heterocycles. The van der Waals surface area contributed by atoms with Crippen molar-refractivity contribution in [3.63, 3.8) is 0 Å². The van der Waals surface area contributed by atoms with Crippen molar-refractivity contribution in [3.05, 3.63) is 69.3 Å². The molecule has 2 aliphatic rings. The summed E-state index contributed by atoms with van der Waals surface area (Å²) >= 11 is 2.12. The van der Waals surface area contributed by atoms with E-state index in [-0.39, 0.29) is 31.6 Å². The summed E-state index contributed by atoms with van der Waals surface area (Å²) in [5.41, 5.74) is 2.02. The Kier molecular flexibility index (Phi) is 6.37. The highest BCUT2D eigenvalue weighted by Crippen LogP contribution is 2.34. The molecule has 154 valence electrons. The quantitative estimate of drug-likeness (QED) is 0.295. The fraction of sp³-hybridized carbons (Fsp3) is 0.217. The average Bonchev–Trinajstić information content (AvgIpc) is 3.35. The number of carbonyl (C=O) groups is 2. The summed E-state index contributed by atoms with van der Waals surface area (Å²) in [7, 11) is 0. The van der Waals surface area contributed by atoms with Crippen molar-refractivity contribution in [1.82, 2.24) is 0 Å². The molecule has 0 radical (unpaired) electrons. The standard InChI is InChI=1S/C23H19IO6/c24-17(8-16-5-7-21-23(10-16)30-14-28-21)11-19(26)12-18(25)3-1-2-15-4-6-20-22(9-15)29-13-27-20/h1,3-7,9-11H,2,8,12-14H2. The van der Waals surface area contributed by atoms with Crippen LogP contribution in [0.1, 0.15) is 17.5 Å². The van der Waals surface area contributed by atoms with Crippen LogP contribution in [-0.2, 0) is 22.4 Å². The first-order valence-corrected chi connectivity index (χ1v) is 10.5. The molecular weight excluding hydrogens is 499 g/mol. The molecule has 0 aliphatic carbocycles. The molecule has 0 unspecified atom stereocenters. The normalized spacial score (nSPS) is 14.4. The minimum absolute atomic E-state index is 0.148. The SMILES string of the molecule is O=C(C=CCc1ccc2c(c1)OCO2)CC(=O)C=C(I)Cc1ccc2c(c1)OCO2. The Labute approximate surface area is 187 Å². The Morgan fingerprint density at radius 1 is 0.833 bits per heavy atom. The molecule has 2 aliphatic heterocycles. The van der Waals surface area contributed by atoms with Crippen molar-refractivity contribution < 1.29 is 28.5 Å². The number of hydrogen-bond donors (Lipinski definition) is 0. The molecule has 0 amide bonds. The van der Waals surface area contributed by atoms with Crippen LogP contribution in [0.15, 0.2) is 58.2 Å². The molecule has 2 aromatic carbocycles. The van der Waals surface area contributed by atoms with Gasteiger partial charge < -0.3 is 18.9 Å². The number of allylic oxidation sites excluding steroid dienone is 4. The molecule has 0 saturated carbocycles. The van der Waals surface area contributed by atoms with E-state index >= 15 is 0 Å². The first kappa shape index (κ1) is 20.5. The molecule has 0 saturated heterocycles. The van der Waals surface area contributed by atoms with Crippen molar-refractivity contribution in [2.45, 2.75) is 19.3 Å². The van der Waals surface area contributed by atoms with Gasteiger partial charge in [0.05, 0.1) is 6.42 Å². The highest BCUT2D eigenvalue weighted by molar-refractivity contribution is 14.1. The average molecular weight is 518 g/mol. The third-order valence-corrected chi connectivity index (χ3v) is 5.26. The van der Waals surface area contributed by atoms with Crippen LogP contribution in [0.5, 0.6) is 23.0 Å². The number of carbonyl (C=O) groups excluding carboxylic acids is 2. The van der Waals surface area contributed by atoms with Crippen LogP contribution in [0.3, 0.4) is 0 Å². The second kappa shape index (κ2) is 9.34. The molecule has 0 bridgehead atoms. The van der Waals surface area contributed by atoms with Gasteiger partial charge in [0, 0.05) is 6.42 Å². The fourth-order valence-electron chi connectivity index (χ4n) is 3.15. The summed E-state index contributed by atoms with van der Waals surface area (Å²) < 4.78 is 22.1. The monoisotopic (exact) mass is 518 g/mol. The number of halogens is 1. The van der Waals surface area contributed by atoms with Crippen molar-refractivity contribution >= 4 is 34.2 Å². The highest BCUT2D eigenvalue weighted by Gasteiger charge is 2.14. The molecular formula is C23H19IO6. The Hall–Kier alpha value is -2.81. The molecule has 7 heteroatoms. The molecule has 0 atom stereocenters. The second-order valence-corrected chi connectivity index (χ2v) is 8.24. The fourth-order valence-corrected chi connectivity index (χ4v) is 3.94. The van der Waals surface area contributed by atoms with Gasteiger partial charge in [-0.2, -0.15) is 0 Å². The van der Waals surface area contributed by atoms with Crippen LogP contribution < -0.4 is 18.9 Å². The van der Waals surface area contributed by atoms with Gasteiger partial charge in [0.2, 0.25) is 13.6 Å². The lowest BCUT2D eigenvalue weighted by Gasteiger charge is -2.02. The van der Waals surface area contributed by atoms with Gasteiger partial charge in [-0.25, -0.2) is 0 Å². The summed E-state index contributed by atoms with van der Waals surface area (Å²) in [6.45, 7) is 0.463. The maximum absolute atomic E-state index is 12.2. The second-order valence-electron chi connectivity index (χ2n) is 6.86. The number of ketones is 2. The van der Waals surface area contributed by atoms with E-state index < -0.39 is 0 Å². The van der Waals surface area contributed by atoms with Crippen LogP contribution in [0.25, 0.3) is 0 Å². The summed E-state index contributed by atoms with van der Waals surface area (Å²) in [5, 5.41) is 0. The minimum Gasteiger partial charge on any atom is -0.454 e. The Morgan fingerprint density at radius 2 is 1.43 bits per heavy atom. The molecule has 6 nitrogen and oxygen atoms in total. The van der Waals surface area contributed by atoms with E-state index in [0.717, 1.165) is 26.2 Å². The Balaban J connectivity index is 1.26. The zero-order valence-corrected chi connectivity index (χ0v) is 18.2. The Morgan fingerprint density at radius 3 is 2.13 bits per heavy atom. The zero-order chi connectivity index (χ0) is 20.9. The zero-order valence-electron chi connectivity index (χ0n) is 16.1. The van der Waals surface area contributed by atoms with E-state index in [1.54, 1.807) is 6.08 Å². The number of rotatable bonds is 8. The van der Waals surface area contributed by atoms with Gasteiger partial charge in [-0.1, -0.05) is 18.2 Å². The van der Waals surface area contributed by atoms with Crippen LogP contribution >= 0.6 is 22.6 Å². The van der Waals surface area contributed by atoms with Crippen molar-refractivity contribution in [3.8, 4) is 23.0 Å². The summed E-state index contributed by atoms with van der Waals surface area (Å²) in [5.74, 6) is 2.45. The first-order valence-electron chi connectivity index (χ1n) is 9.42. The van der Waals surface area contributed by atoms with Gasteiger partial charge in [-0.05, 0) is 80.1 Å². The third kappa shape index (κ3) is 5.21. The van der Waals surface area contributed by atoms with Gasteiger partial charge in [-0.15, -0.1) is 0 Å². The third-order valence-electron chi connectivity index (χ3n) is 4.57. The van der Waals surface area contributed by atoms with Crippen molar-refractivity contribution in [2.75, 3.05) is 13.6 Å². The molecule has 2 heterocycles. The summed E-state index contributed by atoms with van der Waals surface area (Å²) in [6.07, 6.45) is 5.76. The number of ether oxygens (including phenoxy) is 4. The van der Waals surface area contributed by atoms with Gasteiger partial charge in [0.1, 0.15) is 0 Å². The maximum atomic E-state index is 12.2. The lowest BCUT2D eigenvalue weighted by molar-refractivity contribution is -0.121. The van der Waals surface area contributed by atoms with Crippen LogP contribution in [0.4, 0.5) is 0 Å². The van der Waals surface area contributed by atoms with Gasteiger partial charge in [-0.3, -0.25) is 9.59 Å². The molecule has 2 aromatic rings. The molecule has 0 spiro atoms. The van der Waals surface area contributed by atoms with Crippen LogP contribution in [0, 0.1) is 0 Å². The van der Waals surface area contributed by atoms with E-state index in [0.29, 0.717) is 24.3 Å². The highest BCUT2D eigenvalue weighted by atomic mass is 127. The topological polar surface area (TPSA) is 71.1 Å². The van der Waals surface area contributed by atoms with E-state index in [9.17, 15) is 9.59 Å². The molecule has 0 fully saturated rings. The predicted octanol–water partition coefficient (Wildman–Crippen LogP) is 4.33.